The summed E-state index contributed by atoms with van der Waals surface area (Å²) in [4.78, 5) is 14.8. The molecule has 0 amide bonds. The summed E-state index contributed by atoms with van der Waals surface area (Å²) in [5.41, 5.74) is 1.97. The lowest BCUT2D eigenvalue weighted by molar-refractivity contribution is -0.102. The minimum Gasteiger partial charge on any atom is -0.509 e. The Bertz CT molecular complexity index is 826. The van der Waals surface area contributed by atoms with E-state index in [-0.39, 0.29) is 18.1 Å². The van der Waals surface area contributed by atoms with Crippen LogP contribution < -0.4 is 0 Å². The van der Waals surface area contributed by atoms with Crippen molar-refractivity contribution in [1.82, 2.24) is 9.99 Å². The number of nitrogens with zero attached hydrogens (tertiary/aromatic N) is 3. The Labute approximate surface area is 140 Å². The number of aliphatic hydroxyl groups excluding tert-OH is 1. The van der Waals surface area contributed by atoms with E-state index >= 15 is 0 Å². The third-order valence-electron chi connectivity index (χ3n) is 3.21. The molecule has 2 N–H and O–H groups in total. The summed E-state index contributed by atoms with van der Waals surface area (Å²) in [6.45, 7) is 0.0500. The molecule has 2 aromatic rings. The maximum Gasteiger partial charge on any atom is 0.162 e. The predicted molar refractivity (Wildman–Crippen MR) is 91.1 cm³/mol. The van der Waals surface area contributed by atoms with Crippen molar-refractivity contribution in [3.8, 4) is 11.3 Å². The number of aliphatic hydroxyl groups is 1. The average Bonchev–Trinajstić information content (AvgIpc) is 3.11. The largest absolute Gasteiger partial charge is 0.509 e. The number of hydrogen-bond donors (Lipinski definition) is 2. The molecule has 2 heterocycles. The highest BCUT2D eigenvalue weighted by Gasteiger charge is 2.30. The zero-order valence-corrected chi connectivity index (χ0v) is 13.3. The highest BCUT2D eigenvalue weighted by Crippen LogP contribution is 2.32. The van der Waals surface area contributed by atoms with Crippen LogP contribution >= 0.6 is 22.9 Å². The summed E-state index contributed by atoms with van der Waals surface area (Å²) in [6, 6.07) is 7.27. The first-order chi connectivity index (χ1) is 11.1. The third-order valence-corrected chi connectivity index (χ3v) is 4.32. The van der Waals surface area contributed by atoms with Crippen molar-refractivity contribution in [1.29, 1.82) is 5.41 Å². The first-order valence-electron chi connectivity index (χ1n) is 6.58. The number of hydrazone groups is 1. The molecule has 1 aromatic carbocycles. The number of carbonyl (C=O) groups excluding carboxylic acids is 1. The van der Waals surface area contributed by atoms with Gasteiger partial charge in [-0.15, -0.1) is 11.3 Å². The second kappa shape index (κ2) is 6.31. The van der Waals surface area contributed by atoms with E-state index in [9.17, 15) is 9.90 Å². The molecule has 0 spiro atoms. The van der Waals surface area contributed by atoms with Gasteiger partial charge in [0.25, 0.3) is 0 Å². The molecule has 0 radical (unpaired) electrons. The number of halogens is 1. The standard InChI is InChI=1S/C15H11ClN4O2S/c16-10-3-1-9(2-4-10)11-8-23-15(19-11)13-12(22)7-20(14(13)17)18-5-6-21/h1-6,8,17,22H,7H2/b17-14?,18-5-. The van der Waals surface area contributed by atoms with E-state index in [2.05, 4.69) is 10.1 Å². The van der Waals surface area contributed by atoms with Crippen LogP contribution in [0, 0.1) is 5.41 Å². The number of carbonyl (C=O) groups is 1. The smallest absolute Gasteiger partial charge is 0.162 e. The summed E-state index contributed by atoms with van der Waals surface area (Å²) < 4.78 is 0. The van der Waals surface area contributed by atoms with E-state index in [1.54, 1.807) is 12.1 Å². The van der Waals surface area contributed by atoms with Crippen LogP contribution in [0.2, 0.25) is 5.02 Å². The summed E-state index contributed by atoms with van der Waals surface area (Å²) in [5, 5.41) is 26.2. The van der Waals surface area contributed by atoms with Gasteiger partial charge in [0.05, 0.1) is 17.5 Å². The zero-order valence-electron chi connectivity index (χ0n) is 11.7. The molecule has 0 fully saturated rings. The quantitative estimate of drug-likeness (QED) is 0.657. The van der Waals surface area contributed by atoms with Crippen molar-refractivity contribution in [2.24, 2.45) is 5.10 Å². The minimum absolute atomic E-state index is 0.00931. The van der Waals surface area contributed by atoms with Gasteiger partial charge in [-0.2, -0.15) is 5.10 Å². The molecule has 0 bridgehead atoms. The number of hydrogen-bond acceptors (Lipinski definition) is 6. The van der Waals surface area contributed by atoms with E-state index in [1.165, 1.54) is 16.3 Å². The summed E-state index contributed by atoms with van der Waals surface area (Å²) in [6.07, 6.45) is 1.55. The lowest BCUT2D eigenvalue weighted by Gasteiger charge is -2.09. The maximum atomic E-state index is 10.3. The van der Waals surface area contributed by atoms with Gasteiger partial charge in [-0.3, -0.25) is 10.2 Å². The van der Waals surface area contributed by atoms with Crippen LogP contribution in [0.3, 0.4) is 0 Å². The number of benzene rings is 1. The Morgan fingerprint density at radius 2 is 2.13 bits per heavy atom. The lowest BCUT2D eigenvalue weighted by Crippen LogP contribution is -2.20. The predicted octanol–water partition coefficient (Wildman–Crippen LogP) is 3.21. The molecule has 3 rings (SSSR count). The van der Waals surface area contributed by atoms with Gasteiger partial charge in [-0.1, -0.05) is 23.7 Å². The SMILES string of the molecule is N=C1C(c2nc(-c3ccc(Cl)cc3)cs2)=C(O)CN1/N=C\C=O. The van der Waals surface area contributed by atoms with E-state index in [1.807, 2.05) is 17.5 Å². The number of rotatable bonds is 4. The molecule has 1 aliphatic rings. The van der Waals surface area contributed by atoms with Crippen molar-refractivity contribution >= 4 is 46.8 Å². The van der Waals surface area contributed by atoms with Gasteiger partial charge < -0.3 is 5.11 Å². The van der Waals surface area contributed by atoms with Crippen LogP contribution in [0.5, 0.6) is 0 Å². The molecule has 23 heavy (non-hydrogen) atoms. The van der Waals surface area contributed by atoms with E-state index < -0.39 is 0 Å². The Hall–Kier alpha value is -2.51. The van der Waals surface area contributed by atoms with Crippen molar-refractivity contribution < 1.29 is 9.90 Å². The van der Waals surface area contributed by atoms with Gasteiger partial charge in [0.15, 0.2) is 12.1 Å². The molecular formula is C15H11ClN4O2S. The molecule has 1 aliphatic heterocycles. The van der Waals surface area contributed by atoms with Crippen LogP contribution in [0.4, 0.5) is 0 Å². The van der Waals surface area contributed by atoms with Gasteiger partial charge in [-0.25, -0.2) is 9.99 Å². The second-order valence-corrected chi connectivity index (χ2v) is 5.97. The zero-order chi connectivity index (χ0) is 16.4. The number of nitrogens with one attached hydrogen (secondary N) is 1. The molecule has 0 atom stereocenters. The Balaban J connectivity index is 1.89. The molecule has 8 heteroatoms. The lowest BCUT2D eigenvalue weighted by atomic mass is 10.2. The third kappa shape index (κ3) is 3.01. The van der Waals surface area contributed by atoms with E-state index in [4.69, 9.17) is 17.0 Å². The Morgan fingerprint density at radius 3 is 2.83 bits per heavy atom. The van der Waals surface area contributed by atoms with Crippen LogP contribution in [0.1, 0.15) is 5.01 Å². The van der Waals surface area contributed by atoms with E-state index in [0.717, 1.165) is 17.5 Å². The normalized spacial score (nSPS) is 15.0. The highest BCUT2D eigenvalue weighted by atomic mass is 35.5. The van der Waals surface area contributed by atoms with Gasteiger partial charge in [0.1, 0.15) is 17.3 Å². The van der Waals surface area contributed by atoms with Crippen molar-refractivity contribution in [3.63, 3.8) is 0 Å². The van der Waals surface area contributed by atoms with Crippen molar-refractivity contribution in [3.05, 3.63) is 45.4 Å². The summed E-state index contributed by atoms with van der Waals surface area (Å²) >= 11 is 7.20. The van der Waals surface area contributed by atoms with Gasteiger partial charge in [0, 0.05) is 16.0 Å². The molecule has 0 saturated heterocycles. The highest BCUT2D eigenvalue weighted by molar-refractivity contribution is 7.11. The van der Waals surface area contributed by atoms with Crippen LogP contribution in [-0.2, 0) is 4.79 Å². The summed E-state index contributed by atoms with van der Waals surface area (Å²) in [7, 11) is 0. The molecule has 0 unspecified atom stereocenters. The number of thiazole rings is 1. The average molecular weight is 347 g/mol. The van der Waals surface area contributed by atoms with Gasteiger partial charge in [0.2, 0.25) is 0 Å². The van der Waals surface area contributed by atoms with Crippen LogP contribution in [0.25, 0.3) is 16.8 Å². The molecular weight excluding hydrogens is 336 g/mol. The fourth-order valence-corrected chi connectivity index (χ4v) is 3.16. The minimum atomic E-state index is 0.00931. The number of amidine groups is 1. The fraction of sp³-hybridized carbons (Fsp3) is 0.0667. The van der Waals surface area contributed by atoms with Gasteiger partial charge >= 0.3 is 0 Å². The van der Waals surface area contributed by atoms with Crippen LogP contribution in [-0.4, -0.2) is 40.0 Å². The first kappa shape index (κ1) is 15.4. The molecule has 0 saturated carbocycles. The second-order valence-electron chi connectivity index (χ2n) is 4.67. The monoisotopic (exact) mass is 346 g/mol. The van der Waals surface area contributed by atoms with Crippen molar-refractivity contribution in [2.75, 3.05) is 6.54 Å². The number of aromatic nitrogens is 1. The Morgan fingerprint density at radius 1 is 1.39 bits per heavy atom. The van der Waals surface area contributed by atoms with Crippen LogP contribution in [0.15, 0.2) is 40.5 Å². The molecule has 0 aliphatic carbocycles. The summed E-state index contributed by atoms with van der Waals surface area (Å²) in [5.74, 6) is 0.0210. The van der Waals surface area contributed by atoms with Crippen molar-refractivity contribution in [2.45, 2.75) is 0 Å². The molecule has 6 nitrogen and oxygen atoms in total. The topological polar surface area (TPSA) is 89.6 Å². The first-order valence-corrected chi connectivity index (χ1v) is 7.84. The van der Waals surface area contributed by atoms with E-state index in [0.29, 0.717) is 21.9 Å². The molecule has 1 aromatic heterocycles. The maximum absolute atomic E-state index is 10.3. The molecule has 116 valence electrons. The number of aldehydes is 1. The Kier molecular flexibility index (Phi) is 4.22. The van der Waals surface area contributed by atoms with Gasteiger partial charge in [-0.05, 0) is 12.1 Å². The fourth-order valence-electron chi connectivity index (χ4n) is 2.14.